The smallest absolute Gasteiger partial charge is 0.251 e. The Labute approximate surface area is 129 Å². The molecular formula is C16H18ClN3O. The summed E-state index contributed by atoms with van der Waals surface area (Å²) in [6.07, 6.45) is 1.78. The topological polar surface area (TPSA) is 68.0 Å². The van der Waals surface area contributed by atoms with Gasteiger partial charge in [-0.25, -0.2) is 4.98 Å². The summed E-state index contributed by atoms with van der Waals surface area (Å²) < 4.78 is 0. The number of aromatic nitrogens is 1. The van der Waals surface area contributed by atoms with Gasteiger partial charge in [0.15, 0.2) is 0 Å². The number of hydrogen-bond acceptors (Lipinski definition) is 3. The van der Waals surface area contributed by atoms with Crippen molar-refractivity contribution in [2.45, 2.75) is 25.8 Å². The third-order valence-electron chi connectivity index (χ3n) is 3.16. The molecule has 1 aromatic heterocycles. The highest BCUT2D eigenvalue weighted by Gasteiger charge is 2.11. The minimum absolute atomic E-state index is 0.0610. The lowest BCUT2D eigenvalue weighted by atomic mass is 10.1. The molecule has 4 nitrogen and oxygen atoms in total. The maximum absolute atomic E-state index is 12.1. The van der Waals surface area contributed by atoms with Crippen molar-refractivity contribution in [1.29, 1.82) is 0 Å². The number of carbonyl (C=O) groups is 1. The van der Waals surface area contributed by atoms with Crippen molar-refractivity contribution in [3.05, 3.63) is 58.7 Å². The van der Waals surface area contributed by atoms with Crippen LogP contribution in [0, 0.1) is 0 Å². The minimum atomic E-state index is -0.188. The first-order valence-corrected chi connectivity index (χ1v) is 7.20. The van der Waals surface area contributed by atoms with Crippen molar-refractivity contribution in [2.75, 3.05) is 5.73 Å². The molecule has 1 atom stereocenters. The minimum Gasteiger partial charge on any atom is -0.384 e. The second-order valence-corrected chi connectivity index (χ2v) is 5.39. The first-order chi connectivity index (χ1) is 10.0. The van der Waals surface area contributed by atoms with E-state index < -0.39 is 0 Å². The summed E-state index contributed by atoms with van der Waals surface area (Å²) >= 11 is 5.80. The van der Waals surface area contributed by atoms with Gasteiger partial charge in [0, 0.05) is 11.6 Å². The van der Waals surface area contributed by atoms with Gasteiger partial charge in [0.1, 0.15) is 11.0 Å². The standard InChI is InChI=1S/C16H18ClN3O/c1-11(7-8-12-5-3-2-4-6-12)19-16(21)13-9-14(17)20-15(18)10-13/h2-6,9-11H,7-8H2,1H3,(H2,18,20)(H,19,21). The molecule has 1 heterocycles. The van der Waals surface area contributed by atoms with E-state index >= 15 is 0 Å². The number of rotatable bonds is 5. The molecule has 0 radical (unpaired) electrons. The van der Waals surface area contributed by atoms with Crippen molar-refractivity contribution < 1.29 is 4.79 Å². The van der Waals surface area contributed by atoms with Crippen molar-refractivity contribution in [3.8, 4) is 0 Å². The Hall–Kier alpha value is -2.07. The quantitative estimate of drug-likeness (QED) is 0.834. The number of halogens is 1. The lowest BCUT2D eigenvalue weighted by molar-refractivity contribution is 0.0938. The van der Waals surface area contributed by atoms with Crippen molar-refractivity contribution in [2.24, 2.45) is 0 Å². The first-order valence-electron chi connectivity index (χ1n) is 6.82. The Morgan fingerprint density at radius 2 is 2.05 bits per heavy atom. The van der Waals surface area contributed by atoms with Crippen LogP contribution in [0.2, 0.25) is 5.15 Å². The highest BCUT2D eigenvalue weighted by atomic mass is 35.5. The number of amides is 1. The number of nitrogens with zero attached hydrogens (tertiary/aromatic N) is 1. The van der Waals surface area contributed by atoms with Crippen LogP contribution in [0.15, 0.2) is 42.5 Å². The highest BCUT2D eigenvalue weighted by molar-refractivity contribution is 6.29. The molecule has 5 heteroatoms. The number of aryl methyl sites for hydroxylation is 1. The highest BCUT2D eigenvalue weighted by Crippen LogP contribution is 2.12. The van der Waals surface area contributed by atoms with Crippen LogP contribution in [0.5, 0.6) is 0 Å². The Morgan fingerprint density at radius 1 is 1.33 bits per heavy atom. The second kappa shape index (κ2) is 7.09. The van der Waals surface area contributed by atoms with Crippen LogP contribution in [0.3, 0.4) is 0 Å². The maximum atomic E-state index is 12.1. The van der Waals surface area contributed by atoms with Crippen molar-refractivity contribution >= 4 is 23.3 Å². The average molecular weight is 304 g/mol. The third-order valence-corrected chi connectivity index (χ3v) is 3.36. The predicted molar refractivity (Wildman–Crippen MR) is 85.4 cm³/mol. The van der Waals surface area contributed by atoms with E-state index in [1.807, 2.05) is 25.1 Å². The number of hydrogen-bond donors (Lipinski definition) is 2. The fourth-order valence-corrected chi connectivity index (χ4v) is 2.27. The molecule has 2 aromatic rings. The molecule has 0 aliphatic carbocycles. The Bertz CT molecular complexity index is 596. The molecule has 0 fully saturated rings. The zero-order chi connectivity index (χ0) is 15.2. The van der Waals surface area contributed by atoms with Gasteiger partial charge in [0.25, 0.3) is 5.91 Å². The monoisotopic (exact) mass is 303 g/mol. The van der Waals surface area contributed by atoms with E-state index in [4.69, 9.17) is 17.3 Å². The molecule has 1 aromatic carbocycles. The summed E-state index contributed by atoms with van der Waals surface area (Å²) in [5.74, 6) is 0.0520. The van der Waals surface area contributed by atoms with E-state index in [2.05, 4.69) is 22.4 Å². The van der Waals surface area contributed by atoms with Gasteiger partial charge in [-0.1, -0.05) is 41.9 Å². The number of benzene rings is 1. The fraction of sp³-hybridized carbons (Fsp3) is 0.250. The number of nitrogen functional groups attached to an aromatic ring is 1. The van der Waals surface area contributed by atoms with Crippen LogP contribution < -0.4 is 11.1 Å². The summed E-state index contributed by atoms with van der Waals surface area (Å²) in [4.78, 5) is 16.0. The zero-order valence-electron chi connectivity index (χ0n) is 11.8. The van der Waals surface area contributed by atoms with Crippen LogP contribution in [0.25, 0.3) is 0 Å². The predicted octanol–water partition coefficient (Wildman–Crippen LogP) is 3.07. The van der Waals surface area contributed by atoms with Gasteiger partial charge in [-0.15, -0.1) is 0 Å². The van der Waals surface area contributed by atoms with Crippen molar-refractivity contribution in [3.63, 3.8) is 0 Å². The average Bonchev–Trinajstić information content (AvgIpc) is 2.45. The fourth-order valence-electron chi connectivity index (χ4n) is 2.06. The Kier molecular flexibility index (Phi) is 5.17. The molecule has 1 amide bonds. The second-order valence-electron chi connectivity index (χ2n) is 5.00. The van der Waals surface area contributed by atoms with E-state index in [0.29, 0.717) is 5.56 Å². The largest absolute Gasteiger partial charge is 0.384 e. The van der Waals surface area contributed by atoms with E-state index in [9.17, 15) is 4.79 Å². The molecule has 0 aliphatic rings. The summed E-state index contributed by atoms with van der Waals surface area (Å²) in [5.41, 5.74) is 7.28. The first kappa shape index (κ1) is 15.3. The van der Waals surface area contributed by atoms with Crippen LogP contribution >= 0.6 is 11.6 Å². The molecule has 0 aliphatic heterocycles. The van der Waals surface area contributed by atoms with Crippen molar-refractivity contribution in [1.82, 2.24) is 10.3 Å². The maximum Gasteiger partial charge on any atom is 0.251 e. The molecule has 0 bridgehead atoms. The number of nitrogens with two attached hydrogens (primary N) is 1. The molecule has 0 saturated heterocycles. The molecule has 2 rings (SSSR count). The lowest BCUT2D eigenvalue weighted by Gasteiger charge is -2.14. The van der Waals surface area contributed by atoms with Crippen LogP contribution in [-0.2, 0) is 6.42 Å². The summed E-state index contributed by atoms with van der Waals surface area (Å²) in [5, 5.41) is 3.16. The van der Waals surface area contributed by atoms with Crippen LogP contribution in [0.1, 0.15) is 29.3 Å². The van der Waals surface area contributed by atoms with Gasteiger partial charge in [0.05, 0.1) is 0 Å². The number of pyridine rings is 1. The van der Waals surface area contributed by atoms with Crippen LogP contribution in [-0.4, -0.2) is 16.9 Å². The Morgan fingerprint density at radius 3 is 2.71 bits per heavy atom. The molecule has 21 heavy (non-hydrogen) atoms. The summed E-state index contributed by atoms with van der Waals surface area (Å²) in [6.45, 7) is 1.98. The summed E-state index contributed by atoms with van der Waals surface area (Å²) in [7, 11) is 0. The van der Waals surface area contributed by atoms with Crippen LogP contribution in [0.4, 0.5) is 5.82 Å². The SMILES string of the molecule is CC(CCc1ccccc1)NC(=O)c1cc(N)nc(Cl)c1. The molecule has 110 valence electrons. The number of nitrogens with one attached hydrogen (secondary N) is 1. The van der Waals surface area contributed by atoms with Gasteiger partial charge >= 0.3 is 0 Å². The molecule has 3 N–H and O–H groups in total. The lowest BCUT2D eigenvalue weighted by Crippen LogP contribution is -2.33. The van der Waals surface area contributed by atoms with Gasteiger partial charge in [-0.2, -0.15) is 0 Å². The van der Waals surface area contributed by atoms with Gasteiger partial charge < -0.3 is 11.1 Å². The number of anilines is 1. The Balaban J connectivity index is 1.90. The van der Waals surface area contributed by atoms with Gasteiger partial charge in [-0.05, 0) is 37.5 Å². The van der Waals surface area contributed by atoms with Gasteiger partial charge in [0.2, 0.25) is 0 Å². The zero-order valence-corrected chi connectivity index (χ0v) is 12.6. The van der Waals surface area contributed by atoms with Gasteiger partial charge in [-0.3, -0.25) is 4.79 Å². The van der Waals surface area contributed by atoms with E-state index in [1.165, 1.54) is 17.7 Å². The van der Waals surface area contributed by atoms with E-state index in [-0.39, 0.29) is 22.9 Å². The molecule has 1 unspecified atom stereocenters. The third kappa shape index (κ3) is 4.76. The summed E-state index contributed by atoms with van der Waals surface area (Å²) in [6, 6.07) is 13.3. The van der Waals surface area contributed by atoms with E-state index in [1.54, 1.807) is 0 Å². The molecular weight excluding hydrogens is 286 g/mol. The number of carbonyl (C=O) groups excluding carboxylic acids is 1. The normalized spacial score (nSPS) is 11.9. The molecule has 0 saturated carbocycles. The van der Waals surface area contributed by atoms with E-state index in [0.717, 1.165) is 12.8 Å². The molecule has 0 spiro atoms.